The van der Waals surface area contributed by atoms with Gasteiger partial charge in [0.15, 0.2) is 5.69 Å². The van der Waals surface area contributed by atoms with Crippen LogP contribution in [0.5, 0.6) is 0 Å². The molecule has 0 aliphatic rings. The number of nitrogens with zero attached hydrogens (tertiary/aromatic N) is 4. The van der Waals surface area contributed by atoms with E-state index in [1.54, 1.807) is 13.0 Å². The summed E-state index contributed by atoms with van der Waals surface area (Å²) in [6, 6.07) is 7.22. The summed E-state index contributed by atoms with van der Waals surface area (Å²) in [6.45, 7) is 3.25. The zero-order valence-corrected chi connectivity index (χ0v) is 15.5. The highest BCUT2D eigenvalue weighted by Gasteiger charge is 2.30. The van der Waals surface area contributed by atoms with Crippen molar-refractivity contribution in [1.82, 2.24) is 25.1 Å². The standard InChI is InChI=1S/C19H16F3N5O2/c1-11-8-16(28)17(18(29)24-10-14-6-7-23-12(2)25-14)26-27(11)15-5-3-4-13(9-15)19(20,21)22/h3-9H,10H2,1-2H3,(H,24,29). The molecular formula is C19H16F3N5O2. The molecule has 0 aliphatic heterocycles. The van der Waals surface area contributed by atoms with E-state index in [4.69, 9.17) is 0 Å². The summed E-state index contributed by atoms with van der Waals surface area (Å²) in [5, 5.41) is 6.52. The third-order valence-corrected chi connectivity index (χ3v) is 4.00. The molecular weight excluding hydrogens is 387 g/mol. The molecule has 0 saturated heterocycles. The average Bonchev–Trinajstić information content (AvgIpc) is 2.66. The maximum Gasteiger partial charge on any atom is 0.416 e. The number of amides is 1. The quantitative estimate of drug-likeness (QED) is 0.723. The summed E-state index contributed by atoms with van der Waals surface area (Å²) < 4.78 is 40.1. The first-order valence-corrected chi connectivity index (χ1v) is 8.50. The molecule has 0 spiro atoms. The number of aryl methyl sites for hydroxylation is 2. The molecule has 10 heteroatoms. The number of aromatic nitrogens is 4. The molecule has 2 heterocycles. The molecule has 3 rings (SSSR count). The van der Waals surface area contributed by atoms with Crippen LogP contribution in [0.3, 0.4) is 0 Å². The molecule has 0 saturated carbocycles. The average molecular weight is 403 g/mol. The molecule has 1 amide bonds. The van der Waals surface area contributed by atoms with Crippen LogP contribution in [-0.2, 0) is 12.7 Å². The van der Waals surface area contributed by atoms with E-state index in [9.17, 15) is 22.8 Å². The van der Waals surface area contributed by atoms with Gasteiger partial charge in [-0.15, -0.1) is 0 Å². The van der Waals surface area contributed by atoms with Crippen molar-refractivity contribution < 1.29 is 18.0 Å². The van der Waals surface area contributed by atoms with Gasteiger partial charge in [0.2, 0.25) is 5.43 Å². The lowest BCUT2D eigenvalue weighted by atomic mass is 10.2. The van der Waals surface area contributed by atoms with Crippen LogP contribution in [0.25, 0.3) is 5.69 Å². The first-order chi connectivity index (χ1) is 13.6. The molecule has 0 aliphatic carbocycles. The van der Waals surface area contributed by atoms with Gasteiger partial charge >= 0.3 is 6.18 Å². The van der Waals surface area contributed by atoms with Gasteiger partial charge in [-0.05, 0) is 38.1 Å². The lowest BCUT2D eigenvalue weighted by Gasteiger charge is -2.13. The van der Waals surface area contributed by atoms with E-state index in [0.717, 1.165) is 22.9 Å². The van der Waals surface area contributed by atoms with Crippen LogP contribution in [0.2, 0.25) is 0 Å². The second-order valence-electron chi connectivity index (χ2n) is 6.24. The summed E-state index contributed by atoms with van der Waals surface area (Å²) >= 11 is 0. The first-order valence-electron chi connectivity index (χ1n) is 8.50. The summed E-state index contributed by atoms with van der Waals surface area (Å²) in [7, 11) is 0. The number of carbonyl (C=O) groups excluding carboxylic acids is 1. The molecule has 150 valence electrons. The minimum Gasteiger partial charge on any atom is -0.345 e. The SMILES string of the molecule is Cc1nccc(CNC(=O)c2nn(-c3cccc(C(F)(F)F)c3)c(C)cc2=O)n1. The largest absolute Gasteiger partial charge is 0.416 e. The van der Waals surface area contributed by atoms with Gasteiger partial charge in [-0.25, -0.2) is 14.6 Å². The highest BCUT2D eigenvalue weighted by molar-refractivity contribution is 5.91. The number of hydrogen-bond donors (Lipinski definition) is 1. The molecule has 3 aromatic rings. The van der Waals surface area contributed by atoms with Crippen molar-refractivity contribution in [1.29, 1.82) is 0 Å². The molecule has 29 heavy (non-hydrogen) atoms. The smallest absolute Gasteiger partial charge is 0.345 e. The van der Waals surface area contributed by atoms with Gasteiger partial charge in [0.05, 0.1) is 23.5 Å². The third kappa shape index (κ3) is 4.65. The Bertz CT molecular complexity index is 1130. The van der Waals surface area contributed by atoms with Gasteiger partial charge in [-0.1, -0.05) is 6.07 Å². The van der Waals surface area contributed by atoms with E-state index >= 15 is 0 Å². The Morgan fingerprint density at radius 3 is 2.62 bits per heavy atom. The van der Waals surface area contributed by atoms with Gasteiger partial charge in [0, 0.05) is 18.0 Å². The van der Waals surface area contributed by atoms with Gasteiger partial charge < -0.3 is 5.32 Å². The van der Waals surface area contributed by atoms with Crippen molar-refractivity contribution in [3.05, 3.63) is 81.3 Å². The monoisotopic (exact) mass is 403 g/mol. The normalized spacial score (nSPS) is 11.3. The maximum absolute atomic E-state index is 13.0. The Balaban J connectivity index is 1.91. The van der Waals surface area contributed by atoms with Crippen LogP contribution in [0, 0.1) is 13.8 Å². The molecule has 1 N–H and O–H groups in total. The molecule has 0 radical (unpaired) electrons. The Morgan fingerprint density at radius 1 is 1.17 bits per heavy atom. The second-order valence-corrected chi connectivity index (χ2v) is 6.24. The summed E-state index contributed by atoms with van der Waals surface area (Å²) in [4.78, 5) is 32.7. The number of hydrogen-bond acceptors (Lipinski definition) is 5. The number of halogens is 3. The minimum absolute atomic E-state index is 0.0424. The maximum atomic E-state index is 13.0. The van der Waals surface area contributed by atoms with Crippen LogP contribution in [0.15, 0.2) is 47.4 Å². The third-order valence-electron chi connectivity index (χ3n) is 4.00. The van der Waals surface area contributed by atoms with E-state index in [1.165, 1.54) is 25.3 Å². The van der Waals surface area contributed by atoms with Gasteiger partial charge in [0.1, 0.15) is 5.82 Å². The number of carbonyl (C=O) groups is 1. The molecule has 0 fully saturated rings. The van der Waals surface area contributed by atoms with E-state index in [1.807, 2.05) is 0 Å². The highest BCUT2D eigenvalue weighted by atomic mass is 19.4. The van der Waals surface area contributed by atoms with E-state index in [-0.39, 0.29) is 17.9 Å². The van der Waals surface area contributed by atoms with Crippen molar-refractivity contribution in [3.8, 4) is 5.69 Å². The molecule has 2 aromatic heterocycles. The van der Waals surface area contributed by atoms with Crippen LogP contribution in [0.1, 0.15) is 33.3 Å². The summed E-state index contributed by atoms with van der Waals surface area (Å²) in [5.74, 6) is -0.232. The van der Waals surface area contributed by atoms with Crippen molar-refractivity contribution in [2.24, 2.45) is 0 Å². The van der Waals surface area contributed by atoms with E-state index in [2.05, 4.69) is 20.4 Å². The summed E-state index contributed by atoms with van der Waals surface area (Å²) in [6.07, 6.45) is -2.99. The fraction of sp³-hybridized carbons (Fsp3) is 0.211. The predicted octanol–water partition coefficient (Wildman–Crippen LogP) is 2.59. The molecule has 0 atom stereocenters. The Kier molecular flexibility index (Phi) is 5.44. The first kappa shape index (κ1) is 20.2. The molecule has 0 bridgehead atoms. The Labute approximate surface area is 163 Å². The zero-order valence-electron chi connectivity index (χ0n) is 15.5. The number of rotatable bonds is 4. The number of nitrogens with one attached hydrogen (secondary N) is 1. The topological polar surface area (TPSA) is 89.8 Å². The predicted molar refractivity (Wildman–Crippen MR) is 97.5 cm³/mol. The second kappa shape index (κ2) is 7.82. The molecule has 7 nitrogen and oxygen atoms in total. The Morgan fingerprint density at radius 2 is 1.93 bits per heavy atom. The number of alkyl halides is 3. The van der Waals surface area contributed by atoms with Crippen molar-refractivity contribution in [3.63, 3.8) is 0 Å². The van der Waals surface area contributed by atoms with Gasteiger partial charge in [-0.3, -0.25) is 9.59 Å². The lowest BCUT2D eigenvalue weighted by molar-refractivity contribution is -0.137. The van der Waals surface area contributed by atoms with E-state index < -0.39 is 28.8 Å². The fourth-order valence-electron chi connectivity index (χ4n) is 2.64. The van der Waals surface area contributed by atoms with Crippen LogP contribution in [0.4, 0.5) is 13.2 Å². The van der Waals surface area contributed by atoms with Crippen molar-refractivity contribution >= 4 is 5.91 Å². The number of benzene rings is 1. The van der Waals surface area contributed by atoms with Gasteiger partial charge in [-0.2, -0.15) is 18.3 Å². The van der Waals surface area contributed by atoms with Crippen molar-refractivity contribution in [2.45, 2.75) is 26.6 Å². The zero-order chi connectivity index (χ0) is 21.2. The van der Waals surface area contributed by atoms with Crippen molar-refractivity contribution in [2.75, 3.05) is 0 Å². The highest BCUT2D eigenvalue weighted by Crippen LogP contribution is 2.30. The molecule has 0 unspecified atom stereocenters. The Hall–Kier alpha value is -3.56. The lowest BCUT2D eigenvalue weighted by Crippen LogP contribution is -2.32. The fourth-order valence-corrected chi connectivity index (χ4v) is 2.64. The van der Waals surface area contributed by atoms with Crippen LogP contribution in [-0.4, -0.2) is 25.7 Å². The van der Waals surface area contributed by atoms with Gasteiger partial charge in [0.25, 0.3) is 5.91 Å². The minimum atomic E-state index is -4.53. The van der Waals surface area contributed by atoms with Crippen LogP contribution < -0.4 is 10.7 Å². The summed E-state index contributed by atoms with van der Waals surface area (Å²) in [5.41, 5.74) is -1.02. The van der Waals surface area contributed by atoms with E-state index in [0.29, 0.717) is 11.5 Å². The molecule has 1 aromatic carbocycles. The van der Waals surface area contributed by atoms with Crippen LogP contribution >= 0.6 is 0 Å².